The minimum atomic E-state index is -0.973. The van der Waals surface area contributed by atoms with E-state index in [1.165, 1.54) is 11.9 Å². The Bertz CT molecular complexity index is 442. The summed E-state index contributed by atoms with van der Waals surface area (Å²) in [5, 5.41) is 17.2. The van der Waals surface area contributed by atoms with E-state index in [1.54, 1.807) is 18.2 Å². The third kappa shape index (κ3) is 3.97. The summed E-state index contributed by atoms with van der Waals surface area (Å²) in [4.78, 5) is 11.8. The Balaban J connectivity index is 2.61. The van der Waals surface area contributed by atoms with E-state index in [0.717, 1.165) is 5.56 Å². The van der Waals surface area contributed by atoms with Crippen molar-refractivity contribution in [3.8, 4) is 6.07 Å². The Morgan fingerprint density at radius 2 is 2.35 bits per heavy atom. The summed E-state index contributed by atoms with van der Waals surface area (Å²) in [5.41, 5.74) is 1.39. The number of benzene rings is 1. The Morgan fingerprint density at radius 1 is 1.65 bits per heavy atom. The van der Waals surface area contributed by atoms with Crippen LogP contribution in [0.25, 0.3) is 0 Å². The molecule has 1 aromatic carbocycles. The van der Waals surface area contributed by atoms with Gasteiger partial charge in [0.25, 0.3) is 0 Å². The lowest BCUT2D eigenvalue weighted by molar-refractivity contribution is 0.155. The molecule has 0 radical (unpaired) electrons. The number of nitriles is 1. The van der Waals surface area contributed by atoms with E-state index in [-0.39, 0.29) is 5.38 Å². The largest absolute Gasteiger partial charge is 0.465 e. The van der Waals surface area contributed by atoms with Gasteiger partial charge in [-0.05, 0) is 24.1 Å². The van der Waals surface area contributed by atoms with Crippen LogP contribution in [0.4, 0.5) is 4.79 Å². The molecule has 0 heterocycles. The van der Waals surface area contributed by atoms with Crippen LogP contribution in [0.3, 0.4) is 0 Å². The van der Waals surface area contributed by atoms with Crippen molar-refractivity contribution < 1.29 is 9.90 Å². The van der Waals surface area contributed by atoms with E-state index in [9.17, 15) is 4.79 Å². The van der Waals surface area contributed by atoms with Crippen molar-refractivity contribution in [2.45, 2.75) is 11.8 Å². The fourth-order valence-electron chi connectivity index (χ4n) is 1.37. The van der Waals surface area contributed by atoms with Crippen LogP contribution in [-0.2, 0) is 0 Å². The van der Waals surface area contributed by atoms with Gasteiger partial charge in [-0.15, -0.1) is 11.6 Å². The molecule has 0 saturated carbocycles. The van der Waals surface area contributed by atoms with E-state index in [1.807, 2.05) is 12.1 Å². The van der Waals surface area contributed by atoms with Crippen LogP contribution in [0.2, 0.25) is 0 Å². The van der Waals surface area contributed by atoms with Gasteiger partial charge in [0.05, 0.1) is 17.0 Å². The average molecular weight is 253 g/mol. The topological polar surface area (TPSA) is 64.3 Å². The van der Waals surface area contributed by atoms with E-state index in [4.69, 9.17) is 22.0 Å². The van der Waals surface area contributed by atoms with Gasteiger partial charge in [0.2, 0.25) is 0 Å². The number of rotatable bonds is 4. The molecule has 5 heteroatoms. The first-order valence-corrected chi connectivity index (χ1v) is 5.56. The van der Waals surface area contributed by atoms with Crippen LogP contribution in [-0.4, -0.2) is 29.7 Å². The zero-order chi connectivity index (χ0) is 12.8. The van der Waals surface area contributed by atoms with Crippen molar-refractivity contribution in [2.75, 3.05) is 13.6 Å². The third-order valence-electron chi connectivity index (χ3n) is 2.42. The molecule has 1 rings (SSSR count). The van der Waals surface area contributed by atoms with Crippen molar-refractivity contribution in [2.24, 2.45) is 0 Å². The molecular formula is C12H13ClN2O2. The van der Waals surface area contributed by atoms with Crippen LogP contribution in [0, 0.1) is 11.3 Å². The molecule has 1 amide bonds. The molecule has 0 aliphatic rings. The molecule has 1 atom stereocenters. The molecule has 17 heavy (non-hydrogen) atoms. The Kier molecular flexibility index (Phi) is 4.80. The Hall–Kier alpha value is -1.73. The lowest BCUT2D eigenvalue weighted by Crippen LogP contribution is -2.26. The highest BCUT2D eigenvalue weighted by Crippen LogP contribution is 2.24. The first-order valence-electron chi connectivity index (χ1n) is 5.12. The van der Waals surface area contributed by atoms with Crippen molar-refractivity contribution in [3.63, 3.8) is 0 Å². The summed E-state index contributed by atoms with van der Waals surface area (Å²) in [7, 11) is 1.50. The van der Waals surface area contributed by atoms with Gasteiger partial charge < -0.3 is 10.0 Å². The number of carboxylic acid groups (broad SMARTS) is 1. The molecule has 0 fully saturated rings. The normalized spacial score (nSPS) is 11.6. The van der Waals surface area contributed by atoms with Crippen LogP contribution in [0.5, 0.6) is 0 Å². The summed E-state index contributed by atoms with van der Waals surface area (Å²) in [5.74, 6) is 0. The first kappa shape index (κ1) is 13.3. The summed E-state index contributed by atoms with van der Waals surface area (Å²) < 4.78 is 0. The van der Waals surface area contributed by atoms with E-state index in [2.05, 4.69) is 0 Å². The predicted molar refractivity (Wildman–Crippen MR) is 65.0 cm³/mol. The maximum Gasteiger partial charge on any atom is 0.407 e. The fourth-order valence-corrected chi connectivity index (χ4v) is 1.61. The molecule has 1 unspecified atom stereocenters. The van der Waals surface area contributed by atoms with Gasteiger partial charge in [-0.3, -0.25) is 0 Å². The van der Waals surface area contributed by atoms with Gasteiger partial charge in [-0.25, -0.2) is 4.79 Å². The van der Waals surface area contributed by atoms with E-state index in [0.29, 0.717) is 18.5 Å². The highest BCUT2D eigenvalue weighted by atomic mass is 35.5. The van der Waals surface area contributed by atoms with Gasteiger partial charge in [-0.1, -0.05) is 12.1 Å². The summed E-state index contributed by atoms with van der Waals surface area (Å²) >= 11 is 6.15. The Morgan fingerprint density at radius 3 is 2.94 bits per heavy atom. The molecule has 1 N–H and O–H groups in total. The second-order valence-electron chi connectivity index (χ2n) is 3.70. The average Bonchev–Trinajstić information content (AvgIpc) is 2.35. The molecule has 90 valence electrons. The van der Waals surface area contributed by atoms with Crippen LogP contribution in [0.15, 0.2) is 24.3 Å². The number of carbonyl (C=O) groups is 1. The smallest absolute Gasteiger partial charge is 0.407 e. The quantitative estimate of drug-likeness (QED) is 0.838. The molecule has 0 saturated heterocycles. The number of amides is 1. The first-order chi connectivity index (χ1) is 8.04. The van der Waals surface area contributed by atoms with Gasteiger partial charge in [0.15, 0.2) is 0 Å². The maximum atomic E-state index is 10.6. The van der Waals surface area contributed by atoms with E-state index >= 15 is 0 Å². The van der Waals surface area contributed by atoms with Crippen LogP contribution < -0.4 is 0 Å². The monoisotopic (exact) mass is 252 g/mol. The van der Waals surface area contributed by atoms with Crippen LogP contribution >= 0.6 is 11.6 Å². The second-order valence-corrected chi connectivity index (χ2v) is 4.22. The van der Waals surface area contributed by atoms with Crippen LogP contribution in [0.1, 0.15) is 22.9 Å². The highest BCUT2D eigenvalue weighted by molar-refractivity contribution is 6.20. The second kappa shape index (κ2) is 6.12. The molecule has 1 aromatic rings. The fraction of sp³-hybridized carbons (Fsp3) is 0.333. The SMILES string of the molecule is CN(CCC(Cl)c1cccc(C#N)c1)C(=O)O. The number of hydrogen-bond donors (Lipinski definition) is 1. The third-order valence-corrected chi connectivity index (χ3v) is 2.89. The number of halogens is 1. The summed E-state index contributed by atoms with van der Waals surface area (Å²) in [6.07, 6.45) is -0.459. The van der Waals surface area contributed by atoms with Gasteiger partial charge in [-0.2, -0.15) is 5.26 Å². The van der Waals surface area contributed by atoms with Crippen molar-refractivity contribution >= 4 is 17.7 Å². The Labute approximate surface area is 105 Å². The maximum absolute atomic E-state index is 10.6. The molecular weight excluding hydrogens is 240 g/mol. The number of hydrogen-bond acceptors (Lipinski definition) is 2. The molecule has 0 aliphatic heterocycles. The molecule has 0 aliphatic carbocycles. The summed E-state index contributed by atoms with van der Waals surface area (Å²) in [6, 6.07) is 9.07. The lowest BCUT2D eigenvalue weighted by Gasteiger charge is -2.15. The van der Waals surface area contributed by atoms with Crippen molar-refractivity contribution in [1.82, 2.24) is 4.90 Å². The van der Waals surface area contributed by atoms with E-state index < -0.39 is 6.09 Å². The molecule has 0 aromatic heterocycles. The molecule has 0 spiro atoms. The predicted octanol–water partition coefficient (Wildman–Crippen LogP) is 2.84. The zero-order valence-electron chi connectivity index (χ0n) is 9.43. The molecule has 4 nitrogen and oxygen atoms in total. The van der Waals surface area contributed by atoms with Gasteiger partial charge in [0, 0.05) is 13.6 Å². The highest BCUT2D eigenvalue weighted by Gasteiger charge is 2.12. The summed E-state index contributed by atoms with van der Waals surface area (Å²) in [6.45, 7) is 0.361. The number of alkyl halides is 1. The minimum absolute atomic E-state index is 0.287. The number of nitrogens with zero attached hydrogens (tertiary/aromatic N) is 2. The van der Waals surface area contributed by atoms with Gasteiger partial charge in [0.1, 0.15) is 0 Å². The standard InChI is InChI=1S/C12H13ClN2O2/c1-15(12(16)17)6-5-11(13)10-4-2-3-9(7-10)8-14/h2-4,7,11H,5-6H2,1H3,(H,16,17). The lowest BCUT2D eigenvalue weighted by atomic mass is 10.1. The van der Waals surface area contributed by atoms with Crippen molar-refractivity contribution in [1.29, 1.82) is 5.26 Å². The molecule has 0 bridgehead atoms. The van der Waals surface area contributed by atoms with Gasteiger partial charge >= 0.3 is 6.09 Å². The zero-order valence-corrected chi connectivity index (χ0v) is 10.2. The minimum Gasteiger partial charge on any atom is -0.465 e. The van der Waals surface area contributed by atoms with Crippen molar-refractivity contribution in [3.05, 3.63) is 35.4 Å².